The largest absolute Gasteiger partial charge is 0.493 e. The fraction of sp³-hybridized carbons (Fsp3) is 0.600. The molecule has 1 aliphatic rings. The molecule has 4 nitrogen and oxygen atoms in total. The van der Waals surface area contributed by atoms with Crippen molar-refractivity contribution in [2.24, 2.45) is 0 Å². The van der Waals surface area contributed by atoms with Crippen LogP contribution in [0.25, 0.3) is 0 Å². The van der Waals surface area contributed by atoms with E-state index in [1.807, 2.05) is 19.2 Å². The minimum atomic E-state index is 0.218. The highest BCUT2D eigenvalue weighted by atomic mass is 16.5. The van der Waals surface area contributed by atoms with Gasteiger partial charge in [-0.1, -0.05) is 6.07 Å². The molecule has 1 fully saturated rings. The molecule has 1 saturated heterocycles. The van der Waals surface area contributed by atoms with Crippen LogP contribution in [0.1, 0.15) is 24.8 Å². The van der Waals surface area contributed by atoms with Gasteiger partial charge < -0.3 is 19.5 Å². The van der Waals surface area contributed by atoms with Gasteiger partial charge in [0.2, 0.25) is 0 Å². The third-order valence-corrected chi connectivity index (χ3v) is 3.31. The Balaban J connectivity index is 1.94. The molecule has 106 valence electrons. The van der Waals surface area contributed by atoms with Gasteiger partial charge >= 0.3 is 0 Å². The molecular formula is C15H23NO3. The quantitative estimate of drug-likeness (QED) is 0.857. The molecule has 1 atom stereocenters. The van der Waals surface area contributed by atoms with E-state index in [0.717, 1.165) is 31.1 Å². The van der Waals surface area contributed by atoms with Gasteiger partial charge in [0.25, 0.3) is 0 Å². The summed E-state index contributed by atoms with van der Waals surface area (Å²) in [7, 11) is 3.60. The Hall–Kier alpha value is -1.26. The molecule has 1 unspecified atom stereocenters. The van der Waals surface area contributed by atoms with Crippen LogP contribution in [-0.4, -0.2) is 33.5 Å². The standard InChI is InChI=1S/C15H23NO3/c1-16-10-12-6-7-14(15(9-12)17-2)19-11-13-5-3-4-8-18-13/h6-7,9,13,16H,3-5,8,10-11H2,1-2H3. The van der Waals surface area contributed by atoms with Crippen molar-refractivity contribution in [2.75, 3.05) is 27.4 Å². The van der Waals surface area contributed by atoms with Gasteiger partial charge in [0.05, 0.1) is 13.2 Å². The zero-order valence-electron chi connectivity index (χ0n) is 11.8. The van der Waals surface area contributed by atoms with Crippen molar-refractivity contribution < 1.29 is 14.2 Å². The number of rotatable bonds is 6. The number of benzene rings is 1. The summed E-state index contributed by atoms with van der Waals surface area (Å²) in [5, 5.41) is 3.12. The zero-order valence-corrected chi connectivity index (χ0v) is 11.8. The molecule has 1 N–H and O–H groups in total. The first kappa shape index (κ1) is 14.2. The lowest BCUT2D eigenvalue weighted by molar-refractivity contribution is -0.0114. The van der Waals surface area contributed by atoms with Gasteiger partial charge in [0, 0.05) is 13.2 Å². The summed E-state index contributed by atoms with van der Waals surface area (Å²) in [5.74, 6) is 1.57. The van der Waals surface area contributed by atoms with Gasteiger partial charge in [-0.15, -0.1) is 0 Å². The van der Waals surface area contributed by atoms with Crippen molar-refractivity contribution in [2.45, 2.75) is 31.9 Å². The zero-order chi connectivity index (χ0) is 13.5. The predicted molar refractivity (Wildman–Crippen MR) is 74.8 cm³/mol. The van der Waals surface area contributed by atoms with Crippen LogP contribution in [0.15, 0.2) is 18.2 Å². The lowest BCUT2D eigenvalue weighted by atomic mass is 10.1. The van der Waals surface area contributed by atoms with Crippen LogP contribution in [0.5, 0.6) is 11.5 Å². The first-order chi connectivity index (χ1) is 9.33. The summed E-state index contributed by atoms with van der Waals surface area (Å²) in [4.78, 5) is 0. The van der Waals surface area contributed by atoms with Gasteiger partial charge in [-0.05, 0) is 44.0 Å². The van der Waals surface area contributed by atoms with Gasteiger partial charge in [0.15, 0.2) is 11.5 Å². The molecule has 4 heteroatoms. The van der Waals surface area contributed by atoms with Gasteiger partial charge in [-0.3, -0.25) is 0 Å². The number of hydrogen-bond donors (Lipinski definition) is 1. The van der Waals surface area contributed by atoms with E-state index in [9.17, 15) is 0 Å². The fourth-order valence-electron chi connectivity index (χ4n) is 2.27. The van der Waals surface area contributed by atoms with Crippen molar-refractivity contribution in [3.05, 3.63) is 23.8 Å². The van der Waals surface area contributed by atoms with Crippen molar-refractivity contribution in [3.8, 4) is 11.5 Å². The monoisotopic (exact) mass is 265 g/mol. The van der Waals surface area contributed by atoms with E-state index in [1.54, 1.807) is 7.11 Å². The van der Waals surface area contributed by atoms with Crippen molar-refractivity contribution in [1.82, 2.24) is 5.32 Å². The highest BCUT2D eigenvalue weighted by molar-refractivity contribution is 5.42. The van der Waals surface area contributed by atoms with Crippen LogP contribution in [-0.2, 0) is 11.3 Å². The number of methoxy groups -OCH3 is 1. The number of ether oxygens (including phenoxy) is 3. The SMILES string of the molecule is CNCc1ccc(OCC2CCCCO2)c(OC)c1. The lowest BCUT2D eigenvalue weighted by Gasteiger charge is -2.23. The summed E-state index contributed by atoms with van der Waals surface area (Å²) in [5.41, 5.74) is 1.18. The van der Waals surface area contributed by atoms with Crippen LogP contribution < -0.4 is 14.8 Å². The topological polar surface area (TPSA) is 39.7 Å². The molecule has 0 spiro atoms. The van der Waals surface area contributed by atoms with E-state index in [0.29, 0.717) is 6.61 Å². The second-order valence-electron chi connectivity index (χ2n) is 4.82. The Morgan fingerprint density at radius 2 is 2.21 bits per heavy atom. The molecule has 0 saturated carbocycles. The Morgan fingerprint density at radius 3 is 2.89 bits per heavy atom. The summed E-state index contributed by atoms with van der Waals surface area (Å²) in [6.07, 6.45) is 3.70. The second kappa shape index (κ2) is 7.36. The molecule has 1 aliphatic heterocycles. The Labute approximate surface area is 115 Å². The molecule has 0 aliphatic carbocycles. The maximum absolute atomic E-state index is 5.83. The molecule has 19 heavy (non-hydrogen) atoms. The molecule has 1 heterocycles. The van der Waals surface area contributed by atoms with Crippen LogP contribution in [0.2, 0.25) is 0 Å². The Bertz CT molecular complexity index is 389. The van der Waals surface area contributed by atoms with Gasteiger partial charge in [-0.2, -0.15) is 0 Å². The molecule has 0 radical (unpaired) electrons. The molecule has 0 bridgehead atoms. The molecule has 2 rings (SSSR count). The molecule has 1 aromatic rings. The Morgan fingerprint density at radius 1 is 1.32 bits per heavy atom. The van der Waals surface area contributed by atoms with E-state index in [4.69, 9.17) is 14.2 Å². The molecular weight excluding hydrogens is 242 g/mol. The van der Waals surface area contributed by atoms with Gasteiger partial charge in [0.1, 0.15) is 6.61 Å². The van der Waals surface area contributed by atoms with Crippen LogP contribution >= 0.6 is 0 Å². The summed E-state index contributed by atoms with van der Waals surface area (Å²) >= 11 is 0. The number of hydrogen-bond acceptors (Lipinski definition) is 4. The van der Waals surface area contributed by atoms with Crippen LogP contribution in [0.3, 0.4) is 0 Å². The fourth-order valence-corrected chi connectivity index (χ4v) is 2.27. The van der Waals surface area contributed by atoms with E-state index in [-0.39, 0.29) is 6.10 Å². The highest BCUT2D eigenvalue weighted by Crippen LogP contribution is 2.28. The average molecular weight is 265 g/mol. The maximum atomic E-state index is 5.83. The summed E-state index contributed by atoms with van der Waals surface area (Å²) < 4.78 is 16.9. The second-order valence-corrected chi connectivity index (χ2v) is 4.82. The predicted octanol–water partition coefficient (Wildman–Crippen LogP) is 2.36. The third-order valence-electron chi connectivity index (χ3n) is 3.31. The highest BCUT2D eigenvalue weighted by Gasteiger charge is 2.15. The minimum Gasteiger partial charge on any atom is -0.493 e. The summed E-state index contributed by atoms with van der Waals surface area (Å²) in [6.45, 7) is 2.27. The first-order valence-electron chi connectivity index (χ1n) is 6.89. The molecule has 1 aromatic carbocycles. The van der Waals surface area contributed by atoms with E-state index >= 15 is 0 Å². The molecule has 0 aromatic heterocycles. The average Bonchev–Trinajstić information content (AvgIpc) is 2.47. The van der Waals surface area contributed by atoms with E-state index in [1.165, 1.54) is 18.4 Å². The first-order valence-corrected chi connectivity index (χ1v) is 6.89. The van der Waals surface area contributed by atoms with Crippen molar-refractivity contribution >= 4 is 0 Å². The van der Waals surface area contributed by atoms with Crippen LogP contribution in [0, 0.1) is 0 Å². The Kier molecular flexibility index (Phi) is 5.48. The van der Waals surface area contributed by atoms with E-state index in [2.05, 4.69) is 11.4 Å². The smallest absolute Gasteiger partial charge is 0.161 e. The normalized spacial score (nSPS) is 19.2. The minimum absolute atomic E-state index is 0.218. The lowest BCUT2D eigenvalue weighted by Crippen LogP contribution is -2.25. The van der Waals surface area contributed by atoms with Crippen molar-refractivity contribution in [1.29, 1.82) is 0 Å². The maximum Gasteiger partial charge on any atom is 0.161 e. The summed E-state index contributed by atoms with van der Waals surface area (Å²) in [6, 6.07) is 6.03. The third kappa shape index (κ3) is 4.11. The van der Waals surface area contributed by atoms with Crippen LogP contribution in [0.4, 0.5) is 0 Å². The van der Waals surface area contributed by atoms with Gasteiger partial charge in [-0.25, -0.2) is 0 Å². The molecule has 0 amide bonds. The van der Waals surface area contributed by atoms with E-state index < -0.39 is 0 Å². The number of nitrogens with one attached hydrogen (secondary N) is 1. The van der Waals surface area contributed by atoms with Crippen molar-refractivity contribution in [3.63, 3.8) is 0 Å².